The van der Waals surface area contributed by atoms with Crippen molar-refractivity contribution in [3.8, 4) is 0 Å². The third-order valence-electron chi connectivity index (χ3n) is 3.83. The number of hydrogen-bond acceptors (Lipinski definition) is 2. The van der Waals surface area contributed by atoms with E-state index in [1.165, 1.54) is 0 Å². The molecule has 2 aromatic rings. The van der Waals surface area contributed by atoms with E-state index in [0.29, 0.717) is 13.1 Å². The molecule has 0 heterocycles. The first-order valence-corrected chi connectivity index (χ1v) is 10.1. The van der Waals surface area contributed by atoms with Gasteiger partial charge in [-0.15, -0.1) is 11.6 Å². The number of alkyl halides is 1. The summed E-state index contributed by atoms with van der Waals surface area (Å²) in [6, 6.07) is 19.4. The van der Waals surface area contributed by atoms with Crippen LogP contribution in [0.4, 0.5) is 0 Å². The van der Waals surface area contributed by atoms with Crippen LogP contribution in [0.25, 0.3) is 0 Å². The molecule has 0 saturated carbocycles. The van der Waals surface area contributed by atoms with Crippen LogP contribution in [0.5, 0.6) is 0 Å². The van der Waals surface area contributed by atoms with Crippen LogP contribution in [0.2, 0.25) is 0 Å². The second-order valence-corrected chi connectivity index (χ2v) is 8.76. The lowest BCUT2D eigenvalue weighted by Gasteiger charge is -2.35. The quantitative estimate of drug-likeness (QED) is 0.561. The van der Waals surface area contributed by atoms with Gasteiger partial charge in [-0.25, -0.2) is 9.34 Å². The van der Waals surface area contributed by atoms with Crippen LogP contribution in [0.15, 0.2) is 60.7 Å². The second kappa shape index (κ2) is 9.16. The highest BCUT2D eigenvalue weighted by Crippen LogP contribution is 2.48. The number of hydrogen-bond donors (Lipinski definition) is 1. The van der Waals surface area contributed by atoms with Gasteiger partial charge in [0.05, 0.1) is 0 Å². The molecule has 0 aromatic heterocycles. The van der Waals surface area contributed by atoms with Crippen molar-refractivity contribution in [1.82, 2.24) is 14.4 Å². The minimum atomic E-state index is -3.32. The van der Waals surface area contributed by atoms with Crippen LogP contribution in [0.1, 0.15) is 11.1 Å². The molecule has 0 aliphatic heterocycles. The molecule has 25 heavy (non-hydrogen) atoms. The number of amides is 1. The van der Waals surface area contributed by atoms with E-state index < -0.39 is 13.5 Å². The number of benzene rings is 2. The number of halogens is 1. The van der Waals surface area contributed by atoms with Crippen molar-refractivity contribution in [2.24, 2.45) is 0 Å². The maximum Gasteiger partial charge on any atom is 0.310 e. The fourth-order valence-corrected chi connectivity index (χ4v) is 4.65. The minimum absolute atomic E-state index is 0.234. The van der Waals surface area contributed by atoms with Crippen molar-refractivity contribution in [2.75, 3.05) is 20.0 Å². The van der Waals surface area contributed by atoms with Gasteiger partial charge in [0.25, 0.3) is 0 Å². The van der Waals surface area contributed by atoms with Gasteiger partial charge < -0.3 is 0 Å². The average molecular weight is 380 g/mol. The van der Waals surface area contributed by atoms with Gasteiger partial charge in [0, 0.05) is 13.1 Å². The van der Waals surface area contributed by atoms with Gasteiger partial charge in [-0.2, -0.15) is 0 Å². The fourth-order valence-electron chi connectivity index (χ4n) is 2.51. The maximum absolute atomic E-state index is 13.7. The lowest BCUT2D eigenvalue weighted by molar-refractivity contribution is -0.117. The van der Waals surface area contributed by atoms with E-state index in [4.69, 9.17) is 11.6 Å². The summed E-state index contributed by atoms with van der Waals surface area (Å²) in [6.45, 7) is 0.889. The molecule has 0 aliphatic carbocycles. The molecule has 5 nitrogen and oxygen atoms in total. The van der Waals surface area contributed by atoms with Gasteiger partial charge in [-0.1, -0.05) is 60.7 Å². The Balaban J connectivity index is 2.22. The van der Waals surface area contributed by atoms with Crippen LogP contribution in [0, 0.1) is 0 Å². The summed E-state index contributed by atoms with van der Waals surface area (Å²) >= 11 is 5.62. The van der Waals surface area contributed by atoms with Crippen molar-refractivity contribution < 1.29 is 9.36 Å². The van der Waals surface area contributed by atoms with Crippen LogP contribution < -0.4 is 5.09 Å². The Morgan fingerprint density at radius 1 is 0.920 bits per heavy atom. The van der Waals surface area contributed by atoms with Crippen LogP contribution >= 0.6 is 19.2 Å². The molecule has 0 aliphatic rings. The monoisotopic (exact) mass is 379 g/mol. The summed E-state index contributed by atoms with van der Waals surface area (Å²) in [4.78, 5) is 11.9. The van der Waals surface area contributed by atoms with Gasteiger partial charge in [-0.05, 0) is 25.2 Å². The zero-order chi connectivity index (χ0) is 18.3. The molecule has 0 spiro atoms. The number of nitrogens with zero attached hydrogens (tertiary/aromatic N) is 2. The normalized spacial score (nSPS) is 11.7. The molecule has 134 valence electrons. The summed E-state index contributed by atoms with van der Waals surface area (Å²) in [5.41, 5.74) is 2.02. The third kappa shape index (κ3) is 5.41. The maximum atomic E-state index is 13.7. The van der Waals surface area contributed by atoms with Crippen molar-refractivity contribution in [3.63, 3.8) is 0 Å². The van der Waals surface area contributed by atoms with Gasteiger partial charge in [0.1, 0.15) is 5.88 Å². The Kier molecular flexibility index (Phi) is 7.21. The predicted molar refractivity (Wildman–Crippen MR) is 102 cm³/mol. The van der Waals surface area contributed by atoms with Gasteiger partial charge in [0.2, 0.25) is 5.91 Å². The summed E-state index contributed by atoms with van der Waals surface area (Å²) in [7, 11) is 0.157. The molecule has 0 radical (unpaired) electrons. The molecular formula is C18H23ClN3O2P. The molecule has 7 heteroatoms. The highest BCUT2D eigenvalue weighted by atomic mass is 35.5. The number of rotatable bonds is 8. The van der Waals surface area contributed by atoms with Crippen molar-refractivity contribution >= 4 is 25.1 Å². The van der Waals surface area contributed by atoms with E-state index in [1.54, 1.807) is 23.4 Å². The van der Waals surface area contributed by atoms with Crippen molar-refractivity contribution in [3.05, 3.63) is 71.8 Å². The molecule has 0 saturated heterocycles. The van der Waals surface area contributed by atoms with E-state index in [2.05, 4.69) is 5.09 Å². The van der Waals surface area contributed by atoms with Crippen LogP contribution in [0.3, 0.4) is 0 Å². The lowest BCUT2D eigenvalue weighted by atomic mass is 10.2. The second-order valence-electron chi connectivity index (χ2n) is 5.82. The van der Waals surface area contributed by atoms with Gasteiger partial charge in [0.15, 0.2) is 0 Å². The number of nitrogens with one attached hydrogen (secondary N) is 1. The lowest BCUT2D eigenvalue weighted by Crippen LogP contribution is -2.37. The SMILES string of the molecule is CN(Cc1ccccc1)P(=O)(NC(=O)CCl)N(C)Cc1ccccc1. The highest BCUT2D eigenvalue weighted by Gasteiger charge is 2.34. The first-order chi connectivity index (χ1) is 12.0. The first-order valence-electron chi connectivity index (χ1n) is 7.94. The van der Waals surface area contributed by atoms with E-state index in [-0.39, 0.29) is 5.88 Å². The number of carbonyl (C=O) groups is 1. The summed E-state index contributed by atoms with van der Waals surface area (Å²) in [5, 5.41) is 2.62. The summed E-state index contributed by atoms with van der Waals surface area (Å²) in [6.07, 6.45) is 0. The third-order valence-corrected chi connectivity index (χ3v) is 6.74. The van der Waals surface area contributed by atoms with Crippen molar-refractivity contribution in [1.29, 1.82) is 0 Å². The topological polar surface area (TPSA) is 52.7 Å². The molecule has 0 atom stereocenters. The fraction of sp³-hybridized carbons (Fsp3) is 0.278. The summed E-state index contributed by atoms with van der Waals surface area (Å²) < 4.78 is 17.0. The summed E-state index contributed by atoms with van der Waals surface area (Å²) in [5.74, 6) is -0.688. The number of carbonyl (C=O) groups excluding carboxylic acids is 1. The van der Waals surface area contributed by atoms with E-state index in [0.717, 1.165) is 11.1 Å². The average Bonchev–Trinajstić information content (AvgIpc) is 2.63. The standard InChI is InChI=1S/C18H23ClN3O2P/c1-21(14-16-9-5-3-6-10-16)25(24,20-18(23)13-19)22(2)15-17-11-7-4-8-12-17/h3-12H,13-15H2,1-2H3,(H,20,23,24). The largest absolute Gasteiger partial charge is 0.310 e. The zero-order valence-corrected chi connectivity index (χ0v) is 16.1. The van der Waals surface area contributed by atoms with Crippen LogP contribution in [-0.4, -0.2) is 35.2 Å². The Morgan fingerprint density at radius 3 is 1.68 bits per heavy atom. The van der Waals surface area contributed by atoms with Gasteiger partial charge in [-0.3, -0.25) is 14.4 Å². The van der Waals surface area contributed by atoms with Gasteiger partial charge >= 0.3 is 7.59 Å². The molecule has 0 fully saturated rings. The zero-order valence-electron chi connectivity index (χ0n) is 14.4. The molecule has 0 bridgehead atoms. The molecule has 1 N–H and O–H groups in total. The Hall–Kier alpha value is -1.65. The van der Waals surface area contributed by atoms with Crippen LogP contribution in [-0.2, 0) is 22.4 Å². The molecule has 2 rings (SSSR count). The van der Waals surface area contributed by atoms with E-state index >= 15 is 0 Å². The molecule has 1 amide bonds. The van der Waals surface area contributed by atoms with E-state index in [1.807, 2.05) is 60.7 Å². The Morgan fingerprint density at radius 2 is 1.32 bits per heavy atom. The first kappa shape index (κ1) is 19.7. The molecule has 2 aromatic carbocycles. The smallest absolute Gasteiger partial charge is 0.282 e. The van der Waals surface area contributed by atoms with Crippen molar-refractivity contribution in [2.45, 2.75) is 13.1 Å². The minimum Gasteiger partial charge on any atom is -0.282 e. The molecule has 0 unspecified atom stereocenters. The Bertz CT molecular complexity index is 676. The molecular weight excluding hydrogens is 357 g/mol. The highest BCUT2D eigenvalue weighted by molar-refractivity contribution is 7.57. The van der Waals surface area contributed by atoms with E-state index in [9.17, 15) is 9.36 Å². The Labute approximate surface area is 154 Å². The predicted octanol–water partition coefficient (Wildman–Crippen LogP) is 3.71.